The Morgan fingerprint density at radius 1 is 1.19 bits per heavy atom. The third-order valence-corrected chi connectivity index (χ3v) is 3.54. The van der Waals surface area contributed by atoms with Crippen LogP contribution in [0.1, 0.15) is 30.0 Å². The maximum absolute atomic E-state index is 12.0. The molecule has 0 aliphatic rings. The molecule has 2 N–H and O–H groups in total. The van der Waals surface area contributed by atoms with E-state index in [-0.39, 0.29) is 11.9 Å². The summed E-state index contributed by atoms with van der Waals surface area (Å²) in [5, 5.41) is 5.91. The van der Waals surface area contributed by atoms with Gasteiger partial charge in [0.2, 0.25) is 0 Å². The molecule has 112 valence electrons. The van der Waals surface area contributed by atoms with E-state index in [4.69, 9.17) is 4.42 Å². The van der Waals surface area contributed by atoms with Crippen molar-refractivity contribution in [1.29, 1.82) is 0 Å². The van der Waals surface area contributed by atoms with Crippen LogP contribution in [-0.2, 0) is 6.42 Å². The first-order chi connectivity index (χ1) is 10.1. The molecule has 21 heavy (non-hydrogen) atoms. The molecule has 0 radical (unpaired) electrons. The monoisotopic (exact) mass is 286 g/mol. The van der Waals surface area contributed by atoms with Gasteiger partial charge in [0, 0.05) is 18.2 Å². The molecular formula is C17H22N2O2. The van der Waals surface area contributed by atoms with Crippen LogP contribution >= 0.6 is 0 Å². The van der Waals surface area contributed by atoms with E-state index in [0.29, 0.717) is 18.1 Å². The van der Waals surface area contributed by atoms with Crippen LogP contribution in [-0.4, -0.2) is 25.5 Å². The smallest absolute Gasteiger partial charge is 0.287 e. The molecule has 1 heterocycles. The first-order valence-electron chi connectivity index (χ1n) is 7.28. The van der Waals surface area contributed by atoms with Gasteiger partial charge in [0.1, 0.15) is 5.76 Å². The number of likely N-dealkylation sites (N-methyl/N-ethyl adjacent to an activating group) is 1. The number of amides is 1. The molecule has 0 aliphatic heterocycles. The van der Waals surface area contributed by atoms with E-state index in [1.807, 2.05) is 32.2 Å². The molecule has 1 amide bonds. The lowest BCUT2D eigenvalue weighted by atomic mass is 10.1. The number of hydrogen-bond donors (Lipinski definition) is 2. The van der Waals surface area contributed by atoms with Crippen molar-refractivity contribution in [3.63, 3.8) is 0 Å². The number of rotatable bonds is 6. The van der Waals surface area contributed by atoms with E-state index >= 15 is 0 Å². The first kappa shape index (κ1) is 15.3. The van der Waals surface area contributed by atoms with Crippen LogP contribution in [0.3, 0.4) is 0 Å². The van der Waals surface area contributed by atoms with Gasteiger partial charge in [-0.25, -0.2) is 0 Å². The Bertz CT molecular complexity index is 587. The van der Waals surface area contributed by atoms with Crippen molar-refractivity contribution in [3.8, 4) is 11.3 Å². The number of benzene rings is 1. The predicted molar refractivity (Wildman–Crippen MR) is 84.4 cm³/mol. The lowest BCUT2D eigenvalue weighted by Crippen LogP contribution is -2.37. The van der Waals surface area contributed by atoms with Gasteiger partial charge in [-0.1, -0.05) is 31.2 Å². The van der Waals surface area contributed by atoms with Gasteiger partial charge in [0.25, 0.3) is 5.91 Å². The number of carbonyl (C=O) groups excluding carboxylic acids is 1. The summed E-state index contributed by atoms with van der Waals surface area (Å²) in [6.45, 7) is 4.69. The standard InChI is InChI=1S/C17H22N2O2/c1-4-13-5-7-14(8-6-13)15-9-10-16(21-15)17(20)19-11-12(2)18-3/h5-10,12,18H,4,11H2,1-3H3,(H,19,20). The molecule has 0 fully saturated rings. The van der Waals surface area contributed by atoms with E-state index in [1.54, 1.807) is 6.07 Å². The summed E-state index contributed by atoms with van der Waals surface area (Å²) >= 11 is 0. The first-order valence-corrected chi connectivity index (χ1v) is 7.28. The van der Waals surface area contributed by atoms with Crippen molar-refractivity contribution in [3.05, 3.63) is 47.7 Å². The van der Waals surface area contributed by atoms with E-state index in [1.165, 1.54) is 5.56 Å². The highest BCUT2D eigenvalue weighted by molar-refractivity contribution is 5.92. The number of aryl methyl sites for hydroxylation is 1. The summed E-state index contributed by atoms with van der Waals surface area (Å²) in [7, 11) is 1.86. The van der Waals surface area contributed by atoms with Crippen LogP contribution in [0.15, 0.2) is 40.8 Å². The average molecular weight is 286 g/mol. The average Bonchev–Trinajstić information content (AvgIpc) is 3.02. The van der Waals surface area contributed by atoms with E-state index < -0.39 is 0 Å². The Kier molecular flexibility index (Phi) is 5.17. The van der Waals surface area contributed by atoms with Crippen molar-refractivity contribution < 1.29 is 9.21 Å². The third-order valence-electron chi connectivity index (χ3n) is 3.54. The van der Waals surface area contributed by atoms with Crippen molar-refractivity contribution >= 4 is 5.91 Å². The van der Waals surface area contributed by atoms with Gasteiger partial charge in [0.15, 0.2) is 5.76 Å². The van der Waals surface area contributed by atoms with Crippen LogP contribution < -0.4 is 10.6 Å². The quantitative estimate of drug-likeness (QED) is 0.858. The molecule has 0 saturated carbocycles. The summed E-state index contributed by atoms with van der Waals surface area (Å²) in [6, 6.07) is 12.0. The maximum atomic E-state index is 12.0. The van der Waals surface area contributed by atoms with Crippen LogP contribution in [0.4, 0.5) is 0 Å². The SMILES string of the molecule is CCc1ccc(-c2ccc(C(=O)NCC(C)NC)o2)cc1. The van der Waals surface area contributed by atoms with Gasteiger partial charge in [-0.15, -0.1) is 0 Å². The van der Waals surface area contributed by atoms with Gasteiger partial charge in [-0.05, 0) is 38.1 Å². The minimum Gasteiger partial charge on any atom is -0.451 e. The maximum Gasteiger partial charge on any atom is 0.287 e. The Labute approximate surface area is 125 Å². The highest BCUT2D eigenvalue weighted by Crippen LogP contribution is 2.22. The zero-order valence-corrected chi connectivity index (χ0v) is 12.8. The zero-order valence-electron chi connectivity index (χ0n) is 12.8. The lowest BCUT2D eigenvalue weighted by molar-refractivity contribution is 0.0923. The molecular weight excluding hydrogens is 264 g/mol. The number of hydrogen-bond acceptors (Lipinski definition) is 3. The Hall–Kier alpha value is -2.07. The highest BCUT2D eigenvalue weighted by Gasteiger charge is 2.12. The van der Waals surface area contributed by atoms with Crippen molar-refractivity contribution in [2.45, 2.75) is 26.3 Å². The molecule has 4 heteroatoms. The fourth-order valence-corrected chi connectivity index (χ4v) is 1.95. The third kappa shape index (κ3) is 3.95. The molecule has 2 aromatic rings. The van der Waals surface area contributed by atoms with Crippen molar-refractivity contribution in [2.24, 2.45) is 0 Å². The topological polar surface area (TPSA) is 54.3 Å². The van der Waals surface area contributed by atoms with E-state index in [2.05, 4.69) is 29.7 Å². The summed E-state index contributed by atoms with van der Waals surface area (Å²) in [4.78, 5) is 12.0. The summed E-state index contributed by atoms with van der Waals surface area (Å²) < 4.78 is 5.64. The molecule has 0 bridgehead atoms. The minimum absolute atomic E-state index is 0.187. The van der Waals surface area contributed by atoms with Crippen LogP contribution in [0.2, 0.25) is 0 Å². The van der Waals surface area contributed by atoms with Crippen LogP contribution in [0.25, 0.3) is 11.3 Å². The van der Waals surface area contributed by atoms with E-state index in [0.717, 1.165) is 12.0 Å². The summed E-state index contributed by atoms with van der Waals surface area (Å²) in [5.41, 5.74) is 2.26. The second-order valence-electron chi connectivity index (χ2n) is 5.11. The minimum atomic E-state index is -0.187. The summed E-state index contributed by atoms with van der Waals surface area (Å²) in [5.74, 6) is 0.867. The summed E-state index contributed by atoms with van der Waals surface area (Å²) in [6.07, 6.45) is 1.01. The molecule has 1 aromatic heterocycles. The van der Waals surface area contributed by atoms with E-state index in [9.17, 15) is 4.79 Å². The largest absolute Gasteiger partial charge is 0.451 e. The number of furan rings is 1. The molecule has 1 aromatic carbocycles. The van der Waals surface area contributed by atoms with Crippen molar-refractivity contribution in [1.82, 2.24) is 10.6 Å². The van der Waals surface area contributed by atoms with Crippen LogP contribution in [0.5, 0.6) is 0 Å². The molecule has 1 unspecified atom stereocenters. The highest BCUT2D eigenvalue weighted by atomic mass is 16.3. The number of nitrogens with one attached hydrogen (secondary N) is 2. The van der Waals surface area contributed by atoms with Gasteiger partial charge in [-0.2, -0.15) is 0 Å². The fraction of sp³-hybridized carbons (Fsp3) is 0.353. The van der Waals surface area contributed by atoms with Gasteiger partial charge in [-0.3, -0.25) is 4.79 Å². The Balaban J connectivity index is 2.04. The van der Waals surface area contributed by atoms with Gasteiger partial charge < -0.3 is 15.1 Å². The molecule has 2 rings (SSSR count). The van der Waals surface area contributed by atoms with Gasteiger partial charge in [0.05, 0.1) is 0 Å². The Morgan fingerprint density at radius 3 is 2.52 bits per heavy atom. The lowest BCUT2D eigenvalue weighted by Gasteiger charge is -2.10. The fourth-order valence-electron chi connectivity index (χ4n) is 1.95. The molecule has 0 aliphatic carbocycles. The normalized spacial score (nSPS) is 12.1. The second-order valence-corrected chi connectivity index (χ2v) is 5.11. The zero-order chi connectivity index (χ0) is 15.2. The van der Waals surface area contributed by atoms with Gasteiger partial charge >= 0.3 is 0 Å². The molecule has 0 spiro atoms. The van der Waals surface area contributed by atoms with Crippen molar-refractivity contribution in [2.75, 3.05) is 13.6 Å². The van der Waals surface area contributed by atoms with Crippen LogP contribution in [0, 0.1) is 0 Å². The predicted octanol–water partition coefficient (Wildman–Crippen LogP) is 2.85. The molecule has 0 saturated heterocycles. The molecule has 1 atom stereocenters. The number of carbonyl (C=O) groups is 1. The Morgan fingerprint density at radius 2 is 1.90 bits per heavy atom. The molecule has 4 nitrogen and oxygen atoms in total. The second kappa shape index (κ2) is 7.09.